The number of anilines is 2. The van der Waals surface area contributed by atoms with Crippen LogP contribution in [0.15, 0.2) is 41.4 Å². The predicted molar refractivity (Wildman–Crippen MR) is 93.6 cm³/mol. The smallest absolute Gasteiger partial charge is 0.225 e. The van der Waals surface area contributed by atoms with E-state index >= 15 is 0 Å². The van der Waals surface area contributed by atoms with Crippen LogP contribution in [-0.4, -0.2) is 29.0 Å². The lowest BCUT2D eigenvalue weighted by Gasteiger charge is -2.16. The van der Waals surface area contributed by atoms with E-state index in [0.717, 1.165) is 36.1 Å². The maximum atomic E-state index is 5.94. The van der Waals surface area contributed by atoms with Crippen LogP contribution in [0.2, 0.25) is 0 Å². The number of nitrogens with zero attached hydrogens (tertiary/aromatic N) is 4. The van der Waals surface area contributed by atoms with Gasteiger partial charge in [0.1, 0.15) is 0 Å². The van der Waals surface area contributed by atoms with Crippen molar-refractivity contribution in [2.45, 2.75) is 26.3 Å². The van der Waals surface area contributed by atoms with Crippen LogP contribution in [0.1, 0.15) is 24.2 Å². The predicted octanol–water partition coefficient (Wildman–Crippen LogP) is 2.31. The molecule has 1 aromatic carbocycles. The second kappa shape index (κ2) is 7.09. The van der Waals surface area contributed by atoms with Gasteiger partial charge in [-0.1, -0.05) is 18.2 Å². The van der Waals surface area contributed by atoms with Gasteiger partial charge in [0.25, 0.3) is 0 Å². The summed E-state index contributed by atoms with van der Waals surface area (Å²) in [6.07, 6.45) is 2.41. The number of para-hydroxylation sites is 1. The van der Waals surface area contributed by atoms with Crippen LogP contribution in [0.25, 0.3) is 0 Å². The standard InChI is InChI=1S/C17H22N6/c1-13-11-15(22-17(20-13)23-9-5-6-10-23)12-19-16(18)21-14-7-3-2-4-8-14/h2-4,7-8,11H,5-6,9-10,12H2,1H3,(H3,18,19,21). The van der Waals surface area contributed by atoms with Crippen molar-refractivity contribution >= 4 is 17.6 Å². The van der Waals surface area contributed by atoms with Gasteiger partial charge in [-0.25, -0.2) is 15.0 Å². The maximum Gasteiger partial charge on any atom is 0.225 e. The Bertz CT molecular complexity index is 677. The summed E-state index contributed by atoms with van der Waals surface area (Å²) in [5.41, 5.74) is 8.70. The van der Waals surface area contributed by atoms with E-state index in [9.17, 15) is 0 Å². The van der Waals surface area contributed by atoms with E-state index < -0.39 is 0 Å². The van der Waals surface area contributed by atoms with Crippen molar-refractivity contribution in [3.05, 3.63) is 47.8 Å². The zero-order chi connectivity index (χ0) is 16.1. The number of aromatic nitrogens is 2. The quantitative estimate of drug-likeness (QED) is 0.669. The molecule has 0 unspecified atom stereocenters. The molecule has 1 aliphatic heterocycles. The van der Waals surface area contributed by atoms with Crippen LogP contribution in [0.5, 0.6) is 0 Å². The first-order chi connectivity index (χ1) is 11.2. The molecule has 0 radical (unpaired) electrons. The van der Waals surface area contributed by atoms with Gasteiger partial charge < -0.3 is 16.0 Å². The molecule has 3 rings (SSSR count). The molecule has 3 N–H and O–H groups in total. The van der Waals surface area contributed by atoms with Crippen molar-refractivity contribution in [3.63, 3.8) is 0 Å². The van der Waals surface area contributed by atoms with Crippen LogP contribution >= 0.6 is 0 Å². The van der Waals surface area contributed by atoms with Crippen LogP contribution in [-0.2, 0) is 6.54 Å². The zero-order valence-electron chi connectivity index (χ0n) is 13.4. The third kappa shape index (κ3) is 4.18. The molecule has 2 heterocycles. The molecule has 1 aliphatic rings. The average Bonchev–Trinajstić information content (AvgIpc) is 3.08. The second-order valence-electron chi connectivity index (χ2n) is 5.69. The minimum Gasteiger partial charge on any atom is -0.370 e. The van der Waals surface area contributed by atoms with E-state index in [-0.39, 0.29) is 0 Å². The number of hydrogen-bond acceptors (Lipinski definition) is 4. The summed E-state index contributed by atoms with van der Waals surface area (Å²) in [5.74, 6) is 1.19. The van der Waals surface area contributed by atoms with Crippen molar-refractivity contribution in [1.29, 1.82) is 0 Å². The van der Waals surface area contributed by atoms with E-state index in [2.05, 4.69) is 25.2 Å². The Morgan fingerprint density at radius 1 is 1.22 bits per heavy atom. The number of benzene rings is 1. The van der Waals surface area contributed by atoms with Gasteiger partial charge in [0.05, 0.1) is 12.2 Å². The lowest BCUT2D eigenvalue weighted by Crippen LogP contribution is -2.23. The van der Waals surface area contributed by atoms with Gasteiger partial charge in [0.15, 0.2) is 5.96 Å². The molecule has 0 aliphatic carbocycles. The van der Waals surface area contributed by atoms with Gasteiger partial charge in [-0.05, 0) is 38.0 Å². The fourth-order valence-electron chi connectivity index (χ4n) is 2.63. The minimum atomic E-state index is 0.384. The zero-order valence-corrected chi connectivity index (χ0v) is 13.4. The van der Waals surface area contributed by atoms with E-state index in [0.29, 0.717) is 12.5 Å². The number of aliphatic imine (C=N–C) groups is 1. The van der Waals surface area contributed by atoms with E-state index in [1.54, 1.807) is 0 Å². The van der Waals surface area contributed by atoms with Crippen molar-refractivity contribution in [1.82, 2.24) is 9.97 Å². The molecule has 120 valence electrons. The molecule has 0 saturated carbocycles. The number of nitrogens with two attached hydrogens (primary N) is 1. The molecule has 23 heavy (non-hydrogen) atoms. The third-order valence-electron chi connectivity index (χ3n) is 3.74. The summed E-state index contributed by atoms with van der Waals surface area (Å²) in [4.78, 5) is 15.8. The molecule has 6 nitrogen and oxygen atoms in total. The van der Waals surface area contributed by atoms with E-state index in [1.165, 1.54) is 12.8 Å². The first-order valence-electron chi connectivity index (χ1n) is 7.92. The molecule has 1 fully saturated rings. The highest BCUT2D eigenvalue weighted by Gasteiger charge is 2.15. The van der Waals surface area contributed by atoms with Gasteiger partial charge in [-0.15, -0.1) is 0 Å². The van der Waals surface area contributed by atoms with Gasteiger partial charge >= 0.3 is 0 Å². The van der Waals surface area contributed by atoms with Crippen LogP contribution < -0.4 is 16.0 Å². The first-order valence-corrected chi connectivity index (χ1v) is 7.92. The van der Waals surface area contributed by atoms with Crippen molar-refractivity contribution in [3.8, 4) is 0 Å². The van der Waals surface area contributed by atoms with Crippen LogP contribution in [0, 0.1) is 6.92 Å². The number of rotatable bonds is 4. The fourth-order valence-corrected chi connectivity index (χ4v) is 2.63. The lowest BCUT2D eigenvalue weighted by atomic mass is 10.3. The van der Waals surface area contributed by atoms with Crippen LogP contribution in [0.3, 0.4) is 0 Å². The monoisotopic (exact) mass is 310 g/mol. The average molecular weight is 310 g/mol. The van der Waals surface area contributed by atoms with Crippen molar-refractivity contribution in [2.24, 2.45) is 10.7 Å². The SMILES string of the molecule is Cc1cc(CN=C(N)Nc2ccccc2)nc(N2CCCC2)n1. The van der Waals surface area contributed by atoms with Crippen molar-refractivity contribution < 1.29 is 0 Å². The molecule has 6 heteroatoms. The minimum absolute atomic E-state index is 0.384. The normalized spacial score (nSPS) is 15.0. The van der Waals surface area contributed by atoms with E-state index in [1.807, 2.05) is 43.3 Å². The Labute approximate surface area is 136 Å². The molecule has 2 aromatic rings. The Hall–Kier alpha value is -2.63. The lowest BCUT2D eigenvalue weighted by molar-refractivity contribution is 0.857. The molecular weight excluding hydrogens is 288 g/mol. The molecule has 0 bridgehead atoms. The molecule has 0 amide bonds. The molecule has 0 spiro atoms. The number of guanidine groups is 1. The van der Waals surface area contributed by atoms with Gasteiger partial charge in [-0.3, -0.25) is 0 Å². The Kier molecular flexibility index (Phi) is 4.71. The largest absolute Gasteiger partial charge is 0.370 e. The van der Waals surface area contributed by atoms with Gasteiger partial charge in [0.2, 0.25) is 5.95 Å². The summed E-state index contributed by atoms with van der Waals surface area (Å²) < 4.78 is 0. The molecule has 0 atom stereocenters. The number of nitrogens with one attached hydrogen (secondary N) is 1. The second-order valence-corrected chi connectivity index (χ2v) is 5.69. The Morgan fingerprint density at radius 3 is 2.70 bits per heavy atom. The Balaban J connectivity index is 1.68. The van der Waals surface area contributed by atoms with Gasteiger partial charge in [0, 0.05) is 24.5 Å². The Morgan fingerprint density at radius 2 is 1.96 bits per heavy atom. The van der Waals surface area contributed by atoms with Gasteiger partial charge in [-0.2, -0.15) is 0 Å². The highest BCUT2D eigenvalue weighted by Crippen LogP contribution is 2.17. The number of aryl methyl sites for hydroxylation is 1. The fraction of sp³-hybridized carbons (Fsp3) is 0.353. The highest BCUT2D eigenvalue weighted by atomic mass is 15.3. The summed E-state index contributed by atoms with van der Waals surface area (Å²) in [5, 5.41) is 3.07. The summed E-state index contributed by atoms with van der Waals surface area (Å²) >= 11 is 0. The van der Waals surface area contributed by atoms with Crippen LogP contribution in [0.4, 0.5) is 11.6 Å². The first kappa shape index (κ1) is 15.3. The summed E-state index contributed by atoms with van der Waals surface area (Å²) in [6, 6.07) is 11.7. The highest BCUT2D eigenvalue weighted by molar-refractivity contribution is 5.92. The maximum absolute atomic E-state index is 5.94. The molecule has 1 aromatic heterocycles. The molecule has 1 saturated heterocycles. The summed E-state index contributed by atoms with van der Waals surface area (Å²) in [6.45, 7) is 4.49. The van der Waals surface area contributed by atoms with E-state index in [4.69, 9.17) is 5.73 Å². The molecular formula is C17H22N6. The number of hydrogen-bond donors (Lipinski definition) is 2. The third-order valence-corrected chi connectivity index (χ3v) is 3.74. The topological polar surface area (TPSA) is 79.4 Å². The van der Waals surface area contributed by atoms with Crippen molar-refractivity contribution in [2.75, 3.05) is 23.3 Å². The summed E-state index contributed by atoms with van der Waals surface area (Å²) in [7, 11) is 0.